The molecule has 0 radical (unpaired) electrons. The molecule has 1 amide bonds. The van der Waals surface area contributed by atoms with Crippen molar-refractivity contribution in [2.24, 2.45) is 5.92 Å². The van der Waals surface area contributed by atoms with Crippen molar-refractivity contribution in [3.05, 3.63) is 39.8 Å². The number of thiophene rings is 1. The number of rotatable bonds is 6. The van der Waals surface area contributed by atoms with Crippen LogP contribution >= 0.6 is 11.3 Å². The molecule has 1 N–H and O–H groups in total. The first kappa shape index (κ1) is 17.9. The molecule has 0 unspecified atom stereocenters. The predicted octanol–water partition coefficient (Wildman–Crippen LogP) is 3.90. The molecular weight excluding hydrogens is 366 g/mol. The normalized spacial score (nSPS) is 14.9. The Morgan fingerprint density at radius 3 is 2.78 bits per heavy atom. The Bertz CT molecular complexity index is 900. The van der Waals surface area contributed by atoms with E-state index in [1.165, 1.54) is 11.3 Å². The van der Waals surface area contributed by atoms with E-state index in [4.69, 9.17) is 14.2 Å². The van der Waals surface area contributed by atoms with Crippen LogP contribution in [0, 0.1) is 12.8 Å². The molecule has 0 spiro atoms. The number of anilines is 1. The first-order valence-electron chi connectivity index (χ1n) is 9.05. The number of carbonyl (C=O) groups is 2. The first-order valence-corrected chi connectivity index (χ1v) is 9.87. The molecular formula is C20H21NO5S. The number of hydrogen-bond acceptors (Lipinski definition) is 6. The molecule has 1 fully saturated rings. The summed E-state index contributed by atoms with van der Waals surface area (Å²) in [6, 6.07) is 5.83. The second kappa shape index (κ2) is 7.23. The van der Waals surface area contributed by atoms with Crippen LogP contribution < -0.4 is 14.8 Å². The van der Waals surface area contributed by atoms with Crippen LogP contribution in [-0.4, -0.2) is 25.3 Å². The standard InChI is InChI=1S/C20H21NO5S/c1-3-24-20(23)17-11(2)16(27-19(17)21-18(22)13-5-6-13)9-12-4-7-14-15(8-12)26-10-25-14/h4,7-8,13H,3,5-6,9-10H2,1-2H3,(H,21,22). The molecule has 0 atom stereocenters. The van der Waals surface area contributed by atoms with Crippen molar-refractivity contribution in [2.75, 3.05) is 18.7 Å². The summed E-state index contributed by atoms with van der Waals surface area (Å²) in [7, 11) is 0. The average Bonchev–Trinajstić information content (AvgIpc) is 3.32. The van der Waals surface area contributed by atoms with E-state index in [-0.39, 0.29) is 18.6 Å². The Hall–Kier alpha value is -2.54. The van der Waals surface area contributed by atoms with Crippen LogP contribution in [0.2, 0.25) is 0 Å². The average molecular weight is 387 g/mol. The second-order valence-corrected chi connectivity index (χ2v) is 7.81. The van der Waals surface area contributed by atoms with E-state index in [1.54, 1.807) is 6.92 Å². The van der Waals surface area contributed by atoms with Gasteiger partial charge in [0.2, 0.25) is 12.7 Å². The molecule has 0 saturated heterocycles. The van der Waals surface area contributed by atoms with Gasteiger partial charge in [0.25, 0.3) is 0 Å². The van der Waals surface area contributed by atoms with E-state index >= 15 is 0 Å². The Labute approximate surface area is 161 Å². The summed E-state index contributed by atoms with van der Waals surface area (Å²) in [4.78, 5) is 25.7. The smallest absolute Gasteiger partial charge is 0.341 e. The van der Waals surface area contributed by atoms with Gasteiger partial charge in [-0.2, -0.15) is 0 Å². The maximum absolute atomic E-state index is 12.5. The molecule has 2 aliphatic rings. The van der Waals surface area contributed by atoms with Gasteiger partial charge < -0.3 is 19.5 Å². The molecule has 4 rings (SSSR count). The van der Waals surface area contributed by atoms with Crippen molar-refractivity contribution in [3.63, 3.8) is 0 Å². The summed E-state index contributed by atoms with van der Waals surface area (Å²) in [5.74, 6) is 1.13. The number of nitrogens with one attached hydrogen (secondary N) is 1. The predicted molar refractivity (Wildman–Crippen MR) is 102 cm³/mol. The number of carbonyl (C=O) groups excluding carboxylic acids is 2. The molecule has 27 heavy (non-hydrogen) atoms. The highest BCUT2D eigenvalue weighted by atomic mass is 32.1. The van der Waals surface area contributed by atoms with Crippen LogP contribution in [0.1, 0.15) is 46.1 Å². The van der Waals surface area contributed by atoms with E-state index in [1.807, 2.05) is 25.1 Å². The van der Waals surface area contributed by atoms with Crippen LogP contribution in [0.5, 0.6) is 11.5 Å². The SMILES string of the molecule is CCOC(=O)c1c(NC(=O)C2CC2)sc(Cc2ccc3c(c2)OCO3)c1C. The summed E-state index contributed by atoms with van der Waals surface area (Å²) >= 11 is 1.44. The van der Waals surface area contributed by atoms with Gasteiger partial charge in [0.15, 0.2) is 11.5 Å². The van der Waals surface area contributed by atoms with Gasteiger partial charge in [0, 0.05) is 17.2 Å². The minimum absolute atomic E-state index is 0.0172. The third kappa shape index (κ3) is 3.64. The molecule has 7 heteroatoms. The Morgan fingerprint density at radius 2 is 2.04 bits per heavy atom. The van der Waals surface area contributed by atoms with Gasteiger partial charge in [-0.05, 0) is 49.9 Å². The van der Waals surface area contributed by atoms with Crippen molar-refractivity contribution in [2.45, 2.75) is 33.1 Å². The van der Waals surface area contributed by atoms with Crippen LogP contribution in [0.3, 0.4) is 0 Å². The van der Waals surface area contributed by atoms with Gasteiger partial charge in [-0.3, -0.25) is 4.79 Å². The van der Waals surface area contributed by atoms with Gasteiger partial charge >= 0.3 is 5.97 Å². The molecule has 2 aromatic rings. The molecule has 1 aromatic heterocycles. The van der Waals surface area contributed by atoms with E-state index in [9.17, 15) is 9.59 Å². The van der Waals surface area contributed by atoms with E-state index in [0.717, 1.165) is 40.3 Å². The summed E-state index contributed by atoms with van der Waals surface area (Å²) in [5, 5.41) is 3.52. The largest absolute Gasteiger partial charge is 0.462 e. The summed E-state index contributed by atoms with van der Waals surface area (Å²) < 4.78 is 16.0. The lowest BCUT2D eigenvalue weighted by molar-refractivity contribution is -0.117. The highest BCUT2D eigenvalue weighted by Gasteiger charge is 2.32. The Balaban J connectivity index is 1.63. The molecule has 1 aliphatic heterocycles. The van der Waals surface area contributed by atoms with Crippen LogP contribution in [-0.2, 0) is 16.0 Å². The molecule has 6 nitrogen and oxygen atoms in total. The minimum Gasteiger partial charge on any atom is -0.462 e. The minimum atomic E-state index is -0.394. The van der Waals surface area contributed by atoms with Gasteiger partial charge in [-0.1, -0.05) is 6.07 Å². The lowest BCUT2D eigenvalue weighted by Crippen LogP contribution is -2.15. The quantitative estimate of drug-likeness (QED) is 0.761. The van der Waals surface area contributed by atoms with E-state index in [2.05, 4.69) is 5.32 Å². The number of amides is 1. The van der Waals surface area contributed by atoms with E-state index < -0.39 is 5.97 Å². The number of esters is 1. The zero-order valence-electron chi connectivity index (χ0n) is 15.3. The highest BCUT2D eigenvalue weighted by molar-refractivity contribution is 7.17. The monoisotopic (exact) mass is 387 g/mol. The molecule has 0 bridgehead atoms. The van der Waals surface area contributed by atoms with Crippen molar-refractivity contribution >= 4 is 28.2 Å². The zero-order chi connectivity index (χ0) is 19.0. The fourth-order valence-electron chi connectivity index (χ4n) is 3.06. The molecule has 1 aromatic carbocycles. The number of fused-ring (bicyclic) bond motifs is 1. The third-order valence-electron chi connectivity index (χ3n) is 4.71. The van der Waals surface area contributed by atoms with Crippen molar-refractivity contribution in [1.29, 1.82) is 0 Å². The van der Waals surface area contributed by atoms with Gasteiger partial charge in [-0.25, -0.2) is 4.79 Å². The van der Waals surface area contributed by atoms with Crippen molar-refractivity contribution in [1.82, 2.24) is 0 Å². The molecule has 1 aliphatic carbocycles. The number of hydrogen-bond donors (Lipinski definition) is 1. The Morgan fingerprint density at radius 1 is 1.26 bits per heavy atom. The lowest BCUT2D eigenvalue weighted by Gasteiger charge is -2.06. The second-order valence-electron chi connectivity index (χ2n) is 6.70. The summed E-state index contributed by atoms with van der Waals surface area (Å²) in [5.41, 5.74) is 2.37. The van der Waals surface area contributed by atoms with Gasteiger partial charge in [0.1, 0.15) is 5.00 Å². The van der Waals surface area contributed by atoms with Crippen LogP contribution in [0.15, 0.2) is 18.2 Å². The fraction of sp³-hybridized carbons (Fsp3) is 0.400. The maximum Gasteiger partial charge on any atom is 0.341 e. The number of benzene rings is 1. The fourth-order valence-corrected chi connectivity index (χ4v) is 4.29. The maximum atomic E-state index is 12.5. The Kier molecular flexibility index (Phi) is 4.78. The van der Waals surface area contributed by atoms with Crippen LogP contribution in [0.4, 0.5) is 5.00 Å². The zero-order valence-corrected chi connectivity index (χ0v) is 16.1. The topological polar surface area (TPSA) is 73.9 Å². The van der Waals surface area contributed by atoms with Crippen molar-refractivity contribution < 1.29 is 23.8 Å². The van der Waals surface area contributed by atoms with Gasteiger partial charge in [0.05, 0.1) is 12.2 Å². The molecule has 2 heterocycles. The summed E-state index contributed by atoms with van der Waals surface area (Å²) in [6.45, 7) is 4.20. The molecule has 142 valence electrons. The van der Waals surface area contributed by atoms with E-state index in [0.29, 0.717) is 23.6 Å². The molecule has 1 saturated carbocycles. The van der Waals surface area contributed by atoms with Crippen LogP contribution in [0.25, 0.3) is 0 Å². The number of ether oxygens (including phenoxy) is 3. The summed E-state index contributed by atoms with van der Waals surface area (Å²) in [6.07, 6.45) is 2.46. The highest BCUT2D eigenvalue weighted by Crippen LogP contribution is 2.39. The van der Waals surface area contributed by atoms with Gasteiger partial charge in [-0.15, -0.1) is 11.3 Å². The first-order chi connectivity index (χ1) is 13.1. The van der Waals surface area contributed by atoms with Crippen molar-refractivity contribution in [3.8, 4) is 11.5 Å². The lowest BCUT2D eigenvalue weighted by atomic mass is 10.1. The third-order valence-corrected chi connectivity index (χ3v) is 5.92.